The summed E-state index contributed by atoms with van der Waals surface area (Å²) in [6.07, 6.45) is 0.735. The summed E-state index contributed by atoms with van der Waals surface area (Å²) >= 11 is 0. The number of ether oxygens (including phenoxy) is 2. The van der Waals surface area contributed by atoms with Crippen LogP contribution in [0.5, 0.6) is 5.75 Å². The van der Waals surface area contributed by atoms with Crippen LogP contribution in [-0.2, 0) is 14.8 Å². The van der Waals surface area contributed by atoms with Gasteiger partial charge in [-0.3, -0.25) is 9.52 Å². The fourth-order valence-electron chi connectivity index (χ4n) is 2.58. The number of amides is 1. The van der Waals surface area contributed by atoms with Crippen LogP contribution in [0.1, 0.15) is 37.6 Å². The first kappa shape index (κ1) is 23.7. The molecule has 0 aliphatic rings. The molecule has 0 fully saturated rings. The lowest BCUT2D eigenvalue weighted by Crippen LogP contribution is -2.25. The second-order valence-electron chi connectivity index (χ2n) is 7.17. The second kappa shape index (κ2) is 11.6. The van der Waals surface area contributed by atoms with E-state index in [0.29, 0.717) is 49.3 Å². The van der Waals surface area contributed by atoms with Gasteiger partial charge in [0, 0.05) is 31.0 Å². The molecule has 0 saturated heterocycles. The third kappa shape index (κ3) is 7.68. The first-order valence-corrected chi connectivity index (χ1v) is 11.5. The van der Waals surface area contributed by atoms with Crippen molar-refractivity contribution in [2.45, 2.75) is 32.1 Å². The molecule has 0 heterocycles. The molecule has 1 amide bonds. The Morgan fingerprint density at radius 1 is 1.03 bits per heavy atom. The van der Waals surface area contributed by atoms with Gasteiger partial charge >= 0.3 is 0 Å². The van der Waals surface area contributed by atoms with Crippen LogP contribution in [-0.4, -0.2) is 40.7 Å². The molecule has 0 aromatic heterocycles. The average Bonchev–Trinajstić information content (AvgIpc) is 2.71. The molecule has 0 saturated carbocycles. The highest BCUT2D eigenvalue weighted by molar-refractivity contribution is 7.92. The van der Waals surface area contributed by atoms with Crippen molar-refractivity contribution >= 4 is 21.6 Å². The van der Waals surface area contributed by atoms with Gasteiger partial charge in [-0.25, -0.2) is 8.42 Å². The summed E-state index contributed by atoms with van der Waals surface area (Å²) in [5.41, 5.74) is 0.838. The zero-order chi connectivity index (χ0) is 22.0. The fraction of sp³-hybridized carbons (Fsp3) is 0.409. The number of anilines is 1. The Labute approximate surface area is 178 Å². The molecular formula is C22H30N2O5S. The molecule has 2 aromatic rings. The second-order valence-corrected chi connectivity index (χ2v) is 8.85. The molecule has 0 aliphatic carbocycles. The highest BCUT2D eigenvalue weighted by Gasteiger charge is 2.14. The number of carbonyl (C=O) groups excluding carboxylic acids is 1. The largest absolute Gasteiger partial charge is 0.494 e. The van der Waals surface area contributed by atoms with Gasteiger partial charge in [0.1, 0.15) is 5.75 Å². The van der Waals surface area contributed by atoms with Crippen molar-refractivity contribution in [2.75, 3.05) is 31.1 Å². The summed E-state index contributed by atoms with van der Waals surface area (Å²) in [4.78, 5) is 12.3. The molecule has 0 spiro atoms. The van der Waals surface area contributed by atoms with Crippen molar-refractivity contribution in [1.82, 2.24) is 5.32 Å². The highest BCUT2D eigenvalue weighted by Crippen LogP contribution is 2.19. The van der Waals surface area contributed by atoms with Crippen molar-refractivity contribution in [3.05, 3.63) is 54.1 Å². The average molecular weight is 435 g/mol. The van der Waals surface area contributed by atoms with Gasteiger partial charge in [-0.2, -0.15) is 0 Å². The predicted octanol–water partition coefficient (Wildman–Crippen LogP) is 3.68. The Kier molecular flexibility index (Phi) is 9.14. The minimum absolute atomic E-state index is 0.132. The summed E-state index contributed by atoms with van der Waals surface area (Å²) < 4.78 is 38.3. The minimum atomic E-state index is -3.73. The van der Waals surface area contributed by atoms with Gasteiger partial charge in [0.15, 0.2) is 0 Å². The van der Waals surface area contributed by atoms with E-state index in [1.807, 2.05) is 6.92 Å². The molecule has 2 rings (SSSR count). The Bertz CT molecular complexity index is 894. The molecule has 8 heteroatoms. The van der Waals surface area contributed by atoms with Gasteiger partial charge in [-0.05, 0) is 67.8 Å². The Morgan fingerprint density at radius 3 is 2.30 bits per heavy atom. The standard InChI is InChI=1S/C22H30N2O5S/c1-4-29-20-10-12-21(13-11-20)30(26,27)24-19-8-6-18(7-9-19)22(25)23-14-5-15-28-16-17(2)3/h6-13,17,24H,4-5,14-16H2,1-3H3,(H,23,25). The highest BCUT2D eigenvalue weighted by atomic mass is 32.2. The van der Waals surface area contributed by atoms with E-state index in [1.54, 1.807) is 36.4 Å². The van der Waals surface area contributed by atoms with Crippen LogP contribution >= 0.6 is 0 Å². The smallest absolute Gasteiger partial charge is 0.261 e. The van der Waals surface area contributed by atoms with E-state index in [-0.39, 0.29) is 10.8 Å². The SMILES string of the molecule is CCOc1ccc(S(=O)(=O)Nc2ccc(C(=O)NCCCOCC(C)C)cc2)cc1. The number of benzene rings is 2. The molecule has 164 valence electrons. The van der Waals surface area contributed by atoms with Crippen molar-refractivity contribution in [1.29, 1.82) is 0 Å². The number of hydrogen-bond donors (Lipinski definition) is 2. The first-order chi connectivity index (χ1) is 14.3. The lowest BCUT2D eigenvalue weighted by Gasteiger charge is -2.10. The zero-order valence-corrected chi connectivity index (χ0v) is 18.5. The van der Waals surface area contributed by atoms with Gasteiger partial charge in [-0.15, -0.1) is 0 Å². The minimum Gasteiger partial charge on any atom is -0.494 e. The summed E-state index contributed by atoms with van der Waals surface area (Å²) in [6.45, 7) is 8.37. The van der Waals surface area contributed by atoms with E-state index < -0.39 is 10.0 Å². The number of hydrogen-bond acceptors (Lipinski definition) is 5. The van der Waals surface area contributed by atoms with Gasteiger partial charge in [0.25, 0.3) is 15.9 Å². The van der Waals surface area contributed by atoms with Crippen LogP contribution in [0.4, 0.5) is 5.69 Å². The Morgan fingerprint density at radius 2 is 1.70 bits per heavy atom. The maximum atomic E-state index is 12.5. The fourth-order valence-corrected chi connectivity index (χ4v) is 3.64. The van der Waals surface area contributed by atoms with Crippen LogP contribution in [0.25, 0.3) is 0 Å². The van der Waals surface area contributed by atoms with Crippen molar-refractivity contribution < 1.29 is 22.7 Å². The van der Waals surface area contributed by atoms with Crippen molar-refractivity contribution in [2.24, 2.45) is 5.92 Å². The molecule has 7 nitrogen and oxygen atoms in total. The topological polar surface area (TPSA) is 93.7 Å². The molecule has 0 aliphatic heterocycles. The normalized spacial score (nSPS) is 11.3. The molecule has 30 heavy (non-hydrogen) atoms. The molecule has 0 unspecified atom stereocenters. The quantitative estimate of drug-likeness (QED) is 0.497. The van der Waals surface area contributed by atoms with E-state index >= 15 is 0 Å². The predicted molar refractivity (Wildman–Crippen MR) is 117 cm³/mol. The van der Waals surface area contributed by atoms with Gasteiger partial charge in [-0.1, -0.05) is 13.8 Å². The monoisotopic (exact) mass is 434 g/mol. The summed E-state index contributed by atoms with van der Waals surface area (Å²) in [5, 5.41) is 2.83. The molecule has 0 radical (unpaired) electrons. The molecular weight excluding hydrogens is 404 g/mol. The number of nitrogens with one attached hydrogen (secondary N) is 2. The van der Waals surface area contributed by atoms with Gasteiger partial charge in [0.05, 0.1) is 11.5 Å². The summed E-state index contributed by atoms with van der Waals surface area (Å²) in [5.74, 6) is 0.892. The van der Waals surface area contributed by atoms with Crippen LogP contribution in [0.15, 0.2) is 53.4 Å². The van der Waals surface area contributed by atoms with Crippen LogP contribution < -0.4 is 14.8 Å². The lowest BCUT2D eigenvalue weighted by molar-refractivity contribution is 0.0925. The van der Waals surface area contributed by atoms with Gasteiger partial charge < -0.3 is 14.8 Å². The number of carbonyl (C=O) groups is 1. The van der Waals surface area contributed by atoms with E-state index in [0.717, 1.165) is 6.42 Å². The first-order valence-electron chi connectivity index (χ1n) is 10.0. The molecule has 2 aromatic carbocycles. The van der Waals surface area contributed by atoms with E-state index in [9.17, 15) is 13.2 Å². The summed E-state index contributed by atoms with van der Waals surface area (Å²) in [6, 6.07) is 12.5. The third-order valence-electron chi connectivity index (χ3n) is 4.05. The van der Waals surface area contributed by atoms with Crippen LogP contribution in [0.3, 0.4) is 0 Å². The molecule has 2 N–H and O–H groups in total. The molecule has 0 atom stereocenters. The van der Waals surface area contributed by atoms with E-state index in [4.69, 9.17) is 9.47 Å². The Hall–Kier alpha value is -2.58. The maximum absolute atomic E-state index is 12.5. The Balaban J connectivity index is 1.86. The third-order valence-corrected chi connectivity index (χ3v) is 5.44. The number of sulfonamides is 1. The van der Waals surface area contributed by atoms with E-state index in [2.05, 4.69) is 23.9 Å². The number of rotatable bonds is 12. The summed E-state index contributed by atoms with van der Waals surface area (Å²) in [7, 11) is -3.73. The lowest BCUT2D eigenvalue weighted by atomic mass is 10.2. The van der Waals surface area contributed by atoms with E-state index in [1.165, 1.54) is 12.1 Å². The maximum Gasteiger partial charge on any atom is 0.261 e. The van der Waals surface area contributed by atoms with Gasteiger partial charge in [0.2, 0.25) is 0 Å². The molecule has 0 bridgehead atoms. The zero-order valence-electron chi connectivity index (χ0n) is 17.7. The van der Waals surface area contributed by atoms with Crippen molar-refractivity contribution in [3.63, 3.8) is 0 Å². The van der Waals surface area contributed by atoms with Crippen LogP contribution in [0, 0.1) is 5.92 Å². The van der Waals surface area contributed by atoms with Crippen molar-refractivity contribution in [3.8, 4) is 5.75 Å². The van der Waals surface area contributed by atoms with Crippen LogP contribution in [0.2, 0.25) is 0 Å².